The first-order chi connectivity index (χ1) is 16.9. The molecule has 1 saturated heterocycles. The SMILES string of the molecule is COc1cc(/C=C2\NC(=NCC3CC3)N([C@@H](C)c3ccc(F)cc3)C2=O)ccc1-n1cnc(C)c1. The van der Waals surface area contributed by atoms with Crippen molar-refractivity contribution in [3.63, 3.8) is 0 Å². The van der Waals surface area contributed by atoms with E-state index in [4.69, 9.17) is 9.73 Å². The predicted octanol–water partition coefficient (Wildman–Crippen LogP) is 4.63. The largest absolute Gasteiger partial charge is 0.495 e. The van der Waals surface area contributed by atoms with Crippen molar-refractivity contribution in [3.8, 4) is 11.4 Å². The lowest BCUT2D eigenvalue weighted by Gasteiger charge is -2.24. The van der Waals surface area contributed by atoms with Crippen LogP contribution < -0.4 is 10.1 Å². The predicted molar refractivity (Wildman–Crippen MR) is 133 cm³/mol. The Morgan fingerprint density at radius 3 is 2.69 bits per heavy atom. The first-order valence-corrected chi connectivity index (χ1v) is 11.7. The summed E-state index contributed by atoms with van der Waals surface area (Å²) in [6.07, 6.45) is 7.81. The van der Waals surface area contributed by atoms with Gasteiger partial charge in [-0.15, -0.1) is 0 Å². The van der Waals surface area contributed by atoms with E-state index in [1.165, 1.54) is 25.0 Å². The van der Waals surface area contributed by atoms with Gasteiger partial charge in [-0.2, -0.15) is 0 Å². The fourth-order valence-electron chi connectivity index (χ4n) is 4.16. The highest BCUT2D eigenvalue weighted by molar-refractivity contribution is 6.15. The summed E-state index contributed by atoms with van der Waals surface area (Å²) in [5, 5.41) is 3.23. The third-order valence-corrected chi connectivity index (χ3v) is 6.36. The number of hydrogen-bond acceptors (Lipinski definition) is 4. The van der Waals surface area contributed by atoms with Gasteiger partial charge in [-0.1, -0.05) is 18.2 Å². The Hall–Kier alpha value is -3.94. The van der Waals surface area contributed by atoms with E-state index in [0.717, 1.165) is 22.5 Å². The Morgan fingerprint density at radius 1 is 1.26 bits per heavy atom. The van der Waals surface area contributed by atoms with Gasteiger partial charge in [0.1, 0.15) is 17.3 Å². The first kappa shape index (κ1) is 22.8. The van der Waals surface area contributed by atoms with Crippen molar-refractivity contribution in [3.05, 3.63) is 83.3 Å². The zero-order valence-electron chi connectivity index (χ0n) is 20.0. The maximum absolute atomic E-state index is 13.5. The van der Waals surface area contributed by atoms with Crippen molar-refractivity contribution in [2.75, 3.05) is 13.7 Å². The van der Waals surface area contributed by atoms with E-state index < -0.39 is 0 Å². The fourth-order valence-corrected chi connectivity index (χ4v) is 4.16. The van der Waals surface area contributed by atoms with E-state index in [1.807, 2.05) is 42.8 Å². The van der Waals surface area contributed by atoms with Gasteiger partial charge in [0.05, 0.1) is 30.9 Å². The maximum Gasteiger partial charge on any atom is 0.277 e. The number of benzene rings is 2. The average molecular weight is 474 g/mol. The summed E-state index contributed by atoms with van der Waals surface area (Å²) in [5.74, 6) is 1.30. The number of amides is 1. The summed E-state index contributed by atoms with van der Waals surface area (Å²) in [6, 6.07) is 11.7. The van der Waals surface area contributed by atoms with Gasteiger partial charge in [0, 0.05) is 12.7 Å². The number of nitrogens with one attached hydrogen (secondary N) is 1. The summed E-state index contributed by atoms with van der Waals surface area (Å²) < 4.78 is 21.0. The molecule has 35 heavy (non-hydrogen) atoms. The number of carbonyl (C=O) groups excluding carboxylic acids is 1. The van der Waals surface area contributed by atoms with Crippen molar-refractivity contribution in [1.29, 1.82) is 0 Å². The van der Waals surface area contributed by atoms with Crippen LogP contribution in [-0.2, 0) is 4.79 Å². The number of methoxy groups -OCH3 is 1. The lowest BCUT2D eigenvalue weighted by Crippen LogP contribution is -2.35. The molecule has 2 fully saturated rings. The number of aliphatic imine (C=N–C) groups is 1. The number of imidazole rings is 1. The van der Waals surface area contributed by atoms with Crippen LogP contribution in [0.4, 0.5) is 4.39 Å². The lowest BCUT2D eigenvalue weighted by atomic mass is 10.1. The van der Waals surface area contributed by atoms with Crippen molar-refractivity contribution in [1.82, 2.24) is 19.8 Å². The molecule has 1 amide bonds. The maximum atomic E-state index is 13.5. The van der Waals surface area contributed by atoms with Gasteiger partial charge < -0.3 is 14.6 Å². The van der Waals surface area contributed by atoms with E-state index in [0.29, 0.717) is 29.9 Å². The lowest BCUT2D eigenvalue weighted by molar-refractivity contribution is -0.123. The molecule has 1 aliphatic heterocycles. The van der Waals surface area contributed by atoms with Crippen molar-refractivity contribution in [2.24, 2.45) is 10.9 Å². The van der Waals surface area contributed by atoms with Crippen LogP contribution in [0.25, 0.3) is 11.8 Å². The first-order valence-electron chi connectivity index (χ1n) is 11.7. The second-order valence-corrected chi connectivity index (χ2v) is 9.05. The molecular weight excluding hydrogens is 445 g/mol. The number of rotatable bonds is 7. The molecule has 1 aromatic heterocycles. The van der Waals surface area contributed by atoms with Gasteiger partial charge in [0.25, 0.3) is 5.91 Å². The van der Waals surface area contributed by atoms with Crippen LogP contribution in [0.15, 0.2) is 65.7 Å². The van der Waals surface area contributed by atoms with Crippen LogP contribution in [0.3, 0.4) is 0 Å². The molecule has 0 radical (unpaired) electrons. The van der Waals surface area contributed by atoms with E-state index in [-0.39, 0.29) is 17.8 Å². The Labute approximate surface area is 204 Å². The number of guanidine groups is 1. The van der Waals surface area contributed by atoms with Gasteiger partial charge in [0.2, 0.25) is 5.96 Å². The fraction of sp³-hybridized carbons (Fsp3) is 0.296. The molecule has 3 aromatic rings. The number of carbonyl (C=O) groups is 1. The molecule has 7 nitrogen and oxygen atoms in total. The molecule has 180 valence electrons. The molecule has 0 bridgehead atoms. The summed E-state index contributed by atoms with van der Waals surface area (Å²) >= 11 is 0. The summed E-state index contributed by atoms with van der Waals surface area (Å²) in [4.78, 5) is 24.2. The Balaban J connectivity index is 1.46. The van der Waals surface area contributed by atoms with Crippen LogP contribution in [0.2, 0.25) is 0 Å². The highest BCUT2D eigenvalue weighted by Gasteiger charge is 2.36. The van der Waals surface area contributed by atoms with Gasteiger partial charge in [-0.25, -0.2) is 9.37 Å². The molecule has 2 aromatic carbocycles. The molecule has 1 N–H and O–H groups in total. The summed E-state index contributed by atoms with van der Waals surface area (Å²) in [6.45, 7) is 4.54. The van der Waals surface area contributed by atoms with E-state index >= 15 is 0 Å². The summed E-state index contributed by atoms with van der Waals surface area (Å²) in [7, 11) is 1.62. The quantitative estimate of drug-likeness (QED) is 0.508. The smallest absolute Gasteiger partial charge is 0.277 e. The molecule has 8 heteroatoms. The minimum absolute atomic E-state index is 0.176. The van der Waals surface area contributed by atoms with Crippen LogP contribution in [0, 0.1) is 18.7 Å². The van der Waals surface area contributed by atoms with Gasteiger partial charge in [-0.05, 0) is 74.1 Å². The zero-order valence-corrected chi connectivity index (χ0v) is 20.0. The standard InChI is InChI=1S/C27H28FN5O2/c1-17-15-32(16-30-17)24-11-6-20(13-25(24)35-3)12-23-26(34)33(27(31-23)29-14-19-4-5-19)18(2)21-7-9-22(28)10-8-21/h6-13,15-16,18-19H,4-5,14H2,1-3H3,(H,29,31)/b23-12-/t18-/m0/s1. The van der Waals surface area contributed by atoms with Gasteiger partial charge >= 0.3 is 0 Å². The second kappa shape index (κ2) is 9.37. The van der Waals surface area contributed by atoms with Crippen molar-refractivity contribution in [2.45, 2.75) is 32.7 Å². The molecule has 1 atom stereocenters. The number of aryl methyl sites for hydroxylation is 1. The number of hydrogen-bond donors (Lipinski definition) is 1. The molecule has 2 aliphatic rings. The van der Waals surface area contributed by atoms with Crippen LogP contribution in [-0.4, -0.2) is 40.0 Å². The number of nitrogens with zero attached hydrogens (tertiary/aromatic N) is 4. The molecule has 0 spiro atoms. The third-order valence-electron chi connectivity index (χ3n) is 6.36. The minimum atomic E-state index is -0.307. The van der Waals surface area contributed by atoms with E-state index in [1.54, 1.807) is 36.5 Å². The Morgan fingerprint density at radius 2 is 2.03 bits per heavy atom. The molecular formula is C27H28FN5O2. The molecule has 0 unspecified atom stereocenters. The number of ether oxygens (including phenoxy) is 1. The molecule has 2 heterocycles. The summed E-state index contributed by atoms with van der Waals surface area (Å²) in [5.41, 5.74) is 3.85. The van der Waals surface area contributed by atoms with Crippen LogP contribution >= 0.6 is 0 Å². The van der Waals surface area contributed by atoms with Gasteiger partial charge in [-0.3, -0.25) is 14.7 Å². The number of halogens is 1. The van der Waals surface area contributed by atoms with Gasteiger partial charge in [0.15, 0.2) is 0 Å². The Bertz CT molecular complexity index is 1310. The normalized spacial score (nSPS) is 18.9. The highest BCUT2D eigenvalue weighted by Crippen LogP contribution is 2.31. The van der Waals surface area contributed by atoms with Crippen LogP contribution in [0.5, 0.6) is 5.75 Å². The zero-order chi connectivity index (χ0) is 24.5. The topological polar surface area (TPSA) is 71.8 Å². The molecule has 5 rings (SSSR count). The molecule has 1 aliphatic carbocycles. The second-order valence-electron chi connectivity index (χ2n) is 9.05. The van der Waals surface area contributed by atoms with Crippen molar-refractivity contribution >= 4 is 17.9 Å². The monoisotopic (exact) mass is 473 g/mol. The van der Waals surface area contributed by atoms with Crippen molar-refractivity contribution < 1.29 is 13.9 Å². The van der Waals surface area contributed by atoms with E-state index in [2.05, 4.69) is 10.3 Å². The minimum Gasteiger partial charge on any atom is -0.495 e. The van der Waals surface area contributed by atoms with E-state index in [9.17, 15) is 9.18 Å². The third kappa shape index (κ3) is 4.82. The van der Waals surface area contributed by atoms with Crippen LogP contribution in [0.1, 0.15) is 42.6 Å². The Kier molecular flexibility index (Phi) is 6.11. The average Bonchev–Trinajstić information content (AvgIpc) is 3.51. The highest BCUT2D eigenvalue weighted by atomic mass is 19.1. The molecule has 1 saturated carbocycles. The number of aromatic nitrogens is 2.